The standard InChI is InChI=1S/C23H22N2O2/c26-22(16-27-20-13-12-17-9-6-10-19(17)15-20)25-23(18-7-2-1-3-8-18)21-11-4-5-14-24-21/h1-5,7-8,11-15,23H,6,9-10,16H2,(H,25,26). The van der Waals surface area contributed by atoms with Gasteiger partial charge in [0.15, 0.2) is 6.61 Å². The minimum atomic E-state index is -0.302. The van der Waals surface area contributed by atoms with E-state index in [2.05, 4.69) is 22.4 Å². The molecule has 1 aromatic heterocycles. The van der Waals surface area contributed by atoms with E-state index in [1.807, 2.05) is 54.6 Å². The minimum absolute atomic E-state index is 0.0189. The summed E-state index contributed by atoms with van der Waals surface area (Å²) in [6, 6.07) is 21.4. The molecule has 0 aliphatic heterocycles. The van der Waals surface area contributed by atoms with Gasteiger partial charge in [-0.1, -0.05) is 42.5 Å². The molecule has 4 heteroatoms. The maximum Gasteiger partial charge on any atom is 0.258 e. The van der Waals surface area contributed by atoms with Crippen LogP contribution in [0.1, 0.15) is 34.8 Å². The molecule has 1 aliphatic rings. The number of pyridine rings is 1. The molecule has 1 N–H and O–H groups in total. The molecular weight excluding hydrogens is 336 g/mol. The van der Waals surface area contributed by atoms with Gasteiger partial charge < -0.3 is 10.1 Å². The van der Waals surface area contributed by atoms with E-state index in [9.17, 15) is 4.79 Å². The molecular formula is C23H22N2O2. The highest BCUT2D eigenvalue weighted by Gasteiger charge is 2.18. The third-order valence-corrected chi connectivity index (χ3v) is 4.86. The summed E-state index contributed by atoms with van der Waals surface area (Å²) >= 11 is 0. The Labute approximate surface area is 159 Å². The number of nitrogens with one attached hydrogen (secondary N) is 1. The van der Waals surface area contributed by atoms with E-state index in [1.165, 1.54) is 17.5 Å². The first-order valence-corrected chi connectivity index (χ1v) is 9.29. The second kappa shape index (κ2) is 8.04. The molecule has 1 heterocycles. The molecule has 0 radical (unpaired) electrons. The Morgan fingerprint density at radius 1 is 1.00 bits per heavy atom. The molecule has 1 aliphatic carbocycles. The fourth-order valence-corrected chi connectivity index (χ4v) is 3.51. The third kappa shape index (κ3) is 4.17. The number of carbonyl (C=O) groups is 1. The largest absolute Gasteiger partial charge is 0.484 e. The fraction of sp³-hybridized carbons (Fsp3) is 0.217. The van der Waals surface area contributed by atoms with E-state index in [0.717, 1.165) is 29.8 Å². The van der Waals surface area contributed by atoms with Crippen LogP contribution in [0.5, 0.6) is 5.75 Å². The van der Waals surface area contributed by atoms with Crippen molar-refractivity contribution in [2.75, 3.05) is 6.61 Å². The lowest BCUT2D eigenvalue weighted by Gasteiger charge is -2.19. The normalized spacial score (nSPS) is 13.6. The quantitative estimate of drug-likeness (QED) is 0.728. The summed E-state index contributed by atoms with van der Waals surface area (Å²) in [6.07, 6.45) is 5.16. The fourth-order valence-electron chi connectivity index (χ4n) is 3.51. The molecule has 4 rings (SSSR count). The second-order valence-corrected chi connectivity index (χ2v) is 6.74. The summed E-state index contributed by atoms with van der Waals surface area (Å²) in [5.74, 6) is 0.579. The number of hydrogen-bond donors (Lipinski definition) is 1. The number of amides is 1. The van der Waals surface area contributed by atoms with Crippen LogP contribution >= 0.6 is 0 Å². The molecule has 0 saturated heterocycles. The Morgan fingerprint density at radius 2 is 1.81 bits per heavy atom. The molecule has 1 amide bonds. The second-order valence-electron chi connectivity index (χ2n) is 6.74. The molecule has 4 nitrogen and oxygen atoms in total. The van der Waals surface area contributed by atoms with E-state index < -0.39 is 0 Å². The topological polar surface area (TPSA) is 51.2 Å². The van der Waals surface area contributed by atoms with Gasteiger partial charge in [0, 0.05) is 6.20 Å². The van der Waals surface area contributed by atoms with Crippen LogP contribution in [-0.2, 0) is 17.6 Å². The molecule has 0 fully saturated rings. The van der Waals surface area contributed by atoms with E-state index in [4.69, 9.17) is 4.74 Å². The lowest BCUT2D eigenvalue weighted by molar-refractivity contribution is -0.123. The van der Waals surface area contributed by atoms with Gasteiger partial charge in [-0.2, -0.15) is 0 Å². The summed E-state index contributed by atoms with van der Waals surface area (Å²) in [4.78, 5) is 17.0. The summed E-state index contributed by atoms with van der Waals surface area (Å²) in [6.45, 7) is -0.0189. The smallest absolute Gasteiger partial charge is 0.258 e. The van der Waals surface area contributed by atoms with Crippen LogP contribution in [0.2, 0.25) is 0 Å². The van der Waals surface area contributed by atoms with Crippen molar-refractivity contribution >= 4 is 5.91 Å². The lowest BCUT2D eigenvalue weighted by atomic mass is 10.0. The number of ether oxygens (including phenoxy) is 1. The van der Waals surface area contributed by atoms with Gasteiger partial charge in [-0.15, -0.1) is 0 Å². The number of aromatic nitrogens is 1. The van der Waals surface area contributed by atoms with Crippen molar-refractivity contribution in [2.45, 2.75) is 25.3 Å². The van der Waals surface area contributed by atoms with Crippen molar-refractivity contribution in [1.82, 2.24) is 10.3 Å². The van der Waals surface area contributed by atoms with Crippen LogP contribution in [0.4, 0.5) is 0 Å². The third-order valence-electron chi connectivity index (χ3n) is 4.86. The van der Waals surface area contributed by atoms with Gasteiger partial charge in [-0.3, -0.25) is 9.78 Å². The van der Waals surface area contributed by atoms with Crippen LogP contribution in [0.25, 0.3) is 0 Å². The van der Waals surface area contributed by atoms with Gasteiger partial charge in [-0.25, -0.2) is 0 Å². The molecule has 1 atom stereocenters. The highest BCUT2D eigenvalue weighted by molar-refractivity contribution is 5.78. The van der Waals surface area contributed by atoms with Gasteiger partial charge in [0.2, 0.25) is 0 Å². The van der Waals surface area contributed by atoms with Gasteiger partial charge in [0.25, 0.3) is 5.91 Å². The van der Waals surface area contributed by atoms with Crippen LogP contribution in [-0.4, -0.2) is 17.5 Å². The Bertz CT molecular complexity index is 871. The number of fused-ring (bicyclic) bond motifs is 1. The average Bonchev–Trinajstić information content (AvgIpc) is 3.20. The van der Waals surface area contributed by atoms with Gasteiger partial charge in [-0.05, 0) is 60.2 Å². The first-order chi connectivity index (χ1) is 13.3. The SMILES string of the molecule is O=C(COc1ccc2c(c1)CCC2)NC(c1ccccc1)c1ccccn1. The van der Waals surface area contributed by atoms with Crippen LogP contribution in [0.15, 0.2) is 72.9 Å². The maximum atomic E-state index is 12.5. The van der Waals surface area contributed by atoms with Crippen molar-refractivity contribution in [2.24, 2.45) is 0 Å². The average molecular weight is 358 g/mol. The Hall–Kier alpha value is -3.14. The number of rotatable bonds is 6. The number of hydrogen-bond acceptors (Lipinski definition) is 3. The van der Waals surface area contributed by atoms with Crippen molar-refractivity contribution in [3.05, 3.63) is 95.3 Å². The summed E-state index contributed by atoms with van der Waals surface area (Å²) < 4.78 is 5.73. The maximum absolute atomic E-state index is 12.5. The highest BCUT2D eigenvalue weighted by atomic mass is 16.5. The molecule has 3 aromatic rings. The van der Waals surface area contributed by atoms with Crippen LogP contribution < -0.4 is 10.1 Å². The van der Waals surface area contributed by atoms with E-state index >= 15 is 0 Å². The zero-order chi connectivity index (χ0) is 18.5. The molecule has 2 aromatic carbocycles. The zero-order valence-electron chi connectivity index (χ0n) is 15.1. The number of carbonyl (C=O) groups excluding carboxylic acids is 1. The molecule has 0 spiro atoms. The van der Waals surface area contributed by atoms with Gasteiger partial charge in [0.05, 0.1) is 11.7 Å². The summed E-state index contributed by atoms with van der Waals surface area (Å²) in [5.41, 5.74) is 4.52. The summed E-state index contributed by atoms with van der Waals surface area (Å²) in [7, 11) is 0. The molecule has 0 saturated carbocycles. The summed E-state index contributed by atoms with van der Waals surface area (Å²) in [5, 5.41) is 3.05. The van der Waals surface area contributed by atoms with E-state index in [-0.39, 0.29) is 18.6 Å². The molecule has 136 valence electrons. The Balaban J connectivity index is 1.44. The lowest BCUT2D eigenvalue weighted by Crippen LogP contribution is -2.33. The van der Waals surface area contributed by atoms with Gasteiger partial charge in [0.1, 0.15) is 5.75 Å². The Kier molecular flexibility index (Phi) is 5.15. The first-order valence-electron chi connectivity index (χ1n) is 9.29. The number of aryl methyl sites for hydroxylation is 2. The van der Waals surface area contributed by atoms with Crippen LogP contribution in [0, 0.1) is 0 Å². The van der Waals surface area contributed by atoms with Crippen molar-refractivity contribution in [3.63, 3.8) is 0 Å². The predicted molar refractivity (Wildman–Crippen MR) is 105 cm³/mol. The van der Waals surface area contributed by atoms with Crippen molar-refractivity contribution < 1.29 is 9.53 Å². The van der Waals surface area contributed by atoms with Crippen molar-refractivity contribution in [1.29, 1.82) is 0 Å². The number of nitrogens with zero attached hydrogens (tertiary/aromatic N) is 1. The van der Waals surface area contributed by atoms with Crippen molar-refractivity contribution in [3.8, 4) is 5.75 Å². The highest BCUT2D eigenvalue weighted by Crippen LogP contribution is 2.26. The molecule has 0 bridgehead atoms. The zero-order valence-corrected chi connectivity index (χ0v) is 15.1. The van der Waals surface area contributed by atoms with Gasteiger partial charge >= 0.3 is 0 Å². The monoisotopic (exact) mass is 358 g/mol. The first kappa shape index (κ1) is 17.3. The number of benzene rings is 2. The molecule has 27 heavy (non-hydrogen) atoms. The minimum Gasteiger partial charge on any atom is -0.484 e. The predicted octanol–water partition coefficient (Wildman–Crippen LogP) is 3.85. The van der Waals surface area contributed by atoms with E-state index in [1.54, 1.807) is 6.20 Å². The van der Waals surface area contributed by atoms with Crippen LogP contribution in [0.3, 0.4) is 0 Å². The Morgan fingerprint density at radius 3 is 2.63 bits per heavy atom. The van der Waals surface area contributed by atoms with E-state index in [0.29, 0.717) is 0 Å². The molecule has 1 unspecified atom stereocenters.